The Morgan fingerprint density at radius 1 is 1.11 bits per heavy atom. The molecule has 0 bridgehead atoms. The number of nitrogens with zero attached hydrogens (tertiary/aromatic N) is 2. The highest BCUT2D eigenvalue weighted by Gasteiger charge is 2.33. The van der Waals surface area contributed by atoms with Crippen LogP contribution in [0, 0.1) is 11.3 Å². The first-order valence-electron chi connectivity index (χ1n) is 8.38. The van der Waals surface area contributed by atoms with E-state index in [2.05, 4.69) is 4.72 Å². The van der Waals surface area contributed by atoms with E-state index in [4.69, 9.17) is 10.00 Å². The number of anilines is 2. The Labute approximate surface area is 162 Å². The van der Waals surface area contributed by atoms with Crippen molar-refractivity contribution in [3.63, 3.8) is 0 Å². The molecular formula is C19H17N3O5S. The largest absolute Gasteiger partial charge is 0.495 e. The molecule has 1 N–H and O–H groups in total. The van der Waals surface area contributed by atoms with Gasteiger partial charge in [0.2, 0.25) is 11.8 Å². The molecule has 9 heteroatoms. The maximum absolute atomic E-state index is 12.7. The van der Waals surface area contributed by atoms with Crippen LogP contribution in [0.1, 0.15) is 18.4 Å². The zero-order valence-corrected chi connectivity index (χ0v) is 15.8. The van der Waals surface area contributed by atoms with Crippen molar-refractivity contribution in [3.05, 3.63) is 48.0 Å². The number of sulfonamides is 1. The van der Waals surface area contributed by atoms with Gasteiger partial charge in [-0.15, -0.1) is 0 Å². The highest BCUT2D eigenvalue weighted by molar-refractivity contribution is 7.92. The summed E-state index contributed by atoms with van der Waals surface area (Å²) in [4.78, 5) is 24.9. The SMILES string of the molecule is COc1ccc(S(=O)(=O)Nc2ccc(CC#N)cc2)cc1N1C(=O)CCC1=O. The van der Waals surface area contributed by atoms with Gasteiger partial charge in [0, 0.05) is 18.5 Å². The number of nitriles is 1. The molecule has 0 saturated carbocycles. The van der Waals surface area contributed by atoms with E-state index in [-0.39, 0.29) is 35.6 Å². The molecule has 2 aromatic rings. The summed E-state index contributed by atoms with van der Waals surface area (Å²) in [6.07, 6.45) is 0.380. The summed E-state index contributed by atoms with van der Waals surface area (Å²) in [5.74, 6) is -0.582. The van der Waals surface area contributed by atoms with Crippen molar-refractivity contribution in [2.24, 2.45) is 0 Å². The monoisotopic (exact) mass is 399 g/mol. The number of carbonyl (C=O) groups excluding carboxylic acids is 2. The fourth-order valence-electron chi connectivity index (χ4n) is 2.85. The molecule has 0 aliphatic carbocycles. The topological polar surface area (TPSA) is 117 Å². The zero-order valence-electron chi connectivity index (χ0n) is 15.0. The van der Waals surface area contributed by atoms with Crippen LogP contribution < -0.4 is 14.4 Å². The van der Waals surface area contributed by atoms with E-state index in [0.29, 0.717) is 5.69 Å². The number of hydrogen-bond acceptors (Lipinski definition) is 6. The molecule has 3 rings (SSSR count). The Morgan fingerprint density at radius 2 is 1.75 bits per heavy atom. The Hall–Kier alpha value is -3.38. The second-order valence-corrected chi connectivity index (χ2v) is 7.78. The molecule has 0 radical (unpaired) electrons. The lowest BCUT2D eigenvalue weighted by atomic mass is 10.1. The summed E-state index contributed by atoms with van der Waals surface area (Å²) >= 11 is 0. The molecule has 28 heavy (non-hydrogen) atoms. The van der Waals surface area contributed by atoms with Crippen LogP contribution in [0.4, 0.5) is 11.4 Å². The Balaban J connectivity index is 1.94. The van der Waals surface area contributed by atoms with Crippen LogP contribution in [0.3, 0.4) is 0 Å². The summed E-state index contributed by atoms with van der Waals surface area (Å²) in [6.45, 7) is 0. The summed E-state index contributed by atoms with van der Waals surface area (Å²) in [5.41, 5.74) is 1.19. The standard InChI is InChI=1S/C19H17N3O5S/c1-27-17-7-6-15(12-16(17)22-18(23)8-9-19(22)24)28(25,26)21-14-4-2-13(3-5-14)10-11-20/h2-7,12,21H,8-10H2,1H3. The van der Waals surface area contributed by atoms with Gasteiger partial charge >= 0.3 is 0 Å². The van der Waals surface area contributed by atoms with E-state index in [1.54, 1.807) is 24.3 Å². The van der Waals surface area contributed by atoms with Crippen molar-refractivity contribution in [1.29, 1.82) is 5.26 Å². The van der Waals surface area contributed by atoms with Crippen molar-refractivity contribution >= 4 is 33.2 Å². The van der Waals surface area contributed by atoms with Crippen molar-refractivity contribution in [2.45, 2.75) is 24.2 Å². The quantitative estimate of drug-likeness (QED) is 0.745. The maximum atomic E-state index is 12.7. The van der Waals surface area contributed by atoms with Gasteiger partial charge in [-0.25, -0.2) is 13.3 Å². The molecule has 1 fully saturated rings. The number of methoxy groups -OCH3 is 1. The van der Waals surface area contributed by atoms with Gasteiger partial charge in [-0.05, 0) is 35.9 Å². The maximum Gasteiger partial charge on any atom is 0.261 e. The van der Waals surface area contributed by atoms with Crippen LogP contribution in [0.5, 0.6) is 5.75 Å². The normalized spacial score (nSPS) is 14.1. The van der Waals surface area contributed by atoms with Crippen LogP contribution in [0.25, 0.3) is 0 Å². The van der Waals surface area contributed by atoms with Gasteiger partial charge in [0.1, 0.15) is 5.75 Å². The number of benzene rings is 2. The zero-order chi connectivity index (χ0) is 20.3. The summed E-state index contributed by atoms with van der Waals surface area (Å²) in [6, 6.07) is 12.4. The van der Waals surface area contributed by atoms with E-state index >= 15 is 0 Å². The molecule has 2 amide bonds. The molecule has 0 unspecified atom stereocenters. The first kappa shape index (κ1) is 19.4. The van der Waals surface area contributed by atoms with Gasteiger partial charge in [0.25, 0.3) is 10.0 Å². The third-order valence-electron chi connectivity index (χ3n) is 4.24. The summed E-state index contributed by atoms with van der Waals surface area (Å²) in [7, 11) is -2.60. The molecule has 2 aromatic carbocycles. The van der Waals surface area contributed by atoms with Gasteiger partial charge < -0.3 is 4.74 Å². The van der Waals surface area contributed by atoms with Crippen LogP contribution in [-0.2, 0) is 26.0 Å². The second-order valence-electron chi connectivity index (χ2n) is 6.09. The fraction of sp³-hybridized carbons (Fsp3) is 0.211. The minimum Gasteiger partial charge on any atom is -0.495 e. The van der Waals surface area contributed by atoms with Gasteiger partial charge in [-0.2, -0.15) is 5.26 Å². The van der Waals surface area contributed by atoms with E-state index in [9.17, 15) is 18.0 Å². The Morgan fingerprint density at radius 3 is 2.32 bits per heavy atom. The van der Waals surface area contributed by atoms with Crippen molar-refractivity contribution in [1.82, 2.24) is 0 Å². The second kappa shape index (κ2) is 7.70. The molecule has 0 aromatic heterocycles. The number of hydrogen-bond donors (Lipinski definition) is 1. The number of ether oxygens (including phenoxy) is 1. The Kier molecular flexibility index (Phi) is 5.33. The molecule has 144 valence electrons. The minimum atomic E-state index is -3.97. The Bertz CT molecular complexity index is 1060. The minimum absolute atomic E-state index is 0.0757. The van der Waals surface area contributed by atoms with Crippen LogP contribution >= 0.6 is 0 Å². The molecule has 1 aliphatic rings. The first-order chi connectivity index (χ1) is 13.4. The third-order valence-corrected chi connectivity index (χ3v) is 5.62. The van der Waals surface area contributed by atoms with E-state index in [0.717, 1.165) is 10.5 Å². The number of rotatable bonds is 6. The summed E-state index contributed by atoms with van der Waals surface area (Å²) < 4.78 is 33.1. The molecule has 1 saturated heterocycles. The fourth-order valence-corrected chi connectivity index (χ4v) is 3.93. The van der Waals surface area contributed by atoms with Crippen LogP contribution in [-0.4, -0.2) is 27.3 Å². The van der Waals surface area contributed by atoms with Crippen LogP contribution in [0.15, 0.2) is 47.4 Å². The van der Waals surface area contributed by atoms with Crippen molar-refractivity contribution in [2.75, 3.05) is 16.7 Å². The number of amides is 2. The number of nitrogens with one attached hydrogen (secondary N) is 1. The molecular weight excluding hydrogens is 382 g/mol. The molecule has 1 aliphatic heterocycles. The van der Waals surface area contributed by atoms with E-state index in [1.807, 2.05) is 6.07 Å². The molecule has 1 heterocycles. The van der Waals surface area contributed by atoms with E-state index in [1.165, 1.54) is 25.3 Å². The predicted octanol–water partition coefficient (Wildman–Crippen LogP) is 2.22. The van der Waals surface area contributed by atoms with Crippen molar-refractivity contribution < 1.29 is 22.7 Å². The third kappa shape index (κ3) is 3.82. The van der Waals surface area contributed by atoms with Gasteiger partial charge in [-0.1, -0.05) is 12.1 Å². The van der Waals surface area contributed by atoms with Crippen molar-refractivity contribution in [3.8, 4) is 11.8 Å². The van der Waals surface area contributed by atoms with E-state index < -0.39 is 21.8 Å². The molecule has 0 atom stereocenters. The van der Waals surface area contributed by atoms with Gasteiger partial charge in [0.05, 0.1) is 30.2 Å². The smallest absolute Gasteiger partial charge is 0.261 e. The lowest BCUT2D eigenvalue weighted by Gasteiger charge is -2.18. The van der Waals surface area contributed by atoms with Gasteiger partial charge in [-0.3, -0.25) is 14.3 Å². The lowest BCUT2D eigenvalue weighted by molar-refractivity contribution is -0.121. The average molecular weight is 399 g/mol. The molecule has 8 nitrogen and oxygen atoms in total. The average Bonchev–Trinajstić information content (AvgIpc) is 3.01. The number of imide groups is 1. The first-order valence-corrected chi connectivity index (χ1v) is 9.86. The highest BCUT2D eigenvalue weighted by Crippen LogP contribution is 2.34. The lowest BCUT2D eigenvalue weighted by Crippen LogP contribution is -2.29. The number of carbonyl (C=O) groups is 2. The highest BCUT2D eigenvalue weighted by atomic mass is 32.2. The van der Waals surface area contributed by atoms with Crippen LogP contribution in [0.2, 0.25) is 0 Å². The van der Waals surface area contributed by atoms with Gasteiger partial charge in [0.15, 0.2) is 0 Å². The summed E-state index contributed by atoms with van der Waals surface area (Å²) in [5, 5.41) is 8.70. The predicted molar refractivity (Wildman–Crippen MR) is 101 cm³/mol. The molecule has 0 spiro atoms.